The van der Waals surface area contributed by atoms with Gasteiger partial charge in [-0.3, -0.25) is 4.79 Å². The third kappa shape index (κ3) is 4.21. The third-order valence-corrected chi connectivity index (χ3v) is 2.36. The van der Waals surface area contributed by atoms with Gasteiger partial charge in [-0.1, -0.05) is 0 Å². The average Bonchev–Trinajstić information content (AvgIpc) is 2.67. The summed E-state index contributed by atoms with van der Waals surface area (Å²) in [6.07, 6.45) is 0.288. The van der Waals surface area contributed by atoms with E-state index in [9.17, 15) is 9.59 Å². The second-order valence-electron chi connectivity index (χ2n) is 3.73. The molecule has 0 saturated heterocycles. The zero-order valence-electron chi connectivity index (χ0n) is 10.5. The predicted octanol–water partition coefficient (Wildman–Crippen LogP) is 1.33. The second kappa shape index (κ2) is 6.80. The number of carbonyl (C=O) groups is 2. The number of carboxylic acids is 1. The molecule has 0 bridgehead atoms. The Hall–Kier alpha value is -1.82. The molecule has 100 valence electrons. The summed E-state index contributed by atoms with van der Waals surface area (Å²) in [5, 5.41) is 11.8. The van der Waals surface area contributed by atoms with E-state index in [4.69, 9.17) is 14.3 Å². The second-order valence-corrected chi connectivity index (χ2v) is 3.73. The van der Waals surface area contributed by atoms with E-state index in [1.807, 2.05) is 0 Å². The van der Waals surface area contributed by atoms with Crippen LogP contribution in [0.2, 0.25) is 0 Å². The summed E-state index contributed by atoms with van der Waals surface area (Å²) in [5.41, 5.74) is 0.774. The fourth-order valence-electron chi connectivity index (χ4n) is 1.45. The van der Waals surface area contributed by atoms with Gasteiger partial charge in [-0.25, -0.2) is 4.79 Å². The lowest BCUT2D eigenvalue weighted by Gasteiger charge is -2.03. The van der Waals surface area contributed by atoms with E-state index < -0.39 is 5.97 Å². The van der Waals surface area contributed by atoms with Gasteiger partial charge in [0.15, 0.2) is 0 Å². The van der Waals surface area contributed by atoms with Crippen molar-refractivity contribution in [1.29, 1.82) is 0 Å². The van der Waals surface area contributed by atoms with Gasteiger partial charge in [-0.05, 0) is 19.9 Å². The molecule has 0 aromatic carbocycles. The highest BCUT2D eigenvalue weighted by Crippen LogP contribution is 2.14. The van der Waals surface area contributed by atoms with Crippen molar-refractivity contribution in [2.24, 2.45) is 0 Å². The van der Waals surface area contributed by atoms with Crippen LogP contribution in [0.4, 0.5) is 0 Å². The molecule has 0 aliphatic carbocycles. The Kier molecular flexibility index (Phi) is 5.38. The fraction of sp³-hybridized carbons (Fsp3) is 0.500. The van der Waals surface area contributed by atoms with Gasteiger partial charge in [0.05, 0.1) is 13.0 Å². The van der Waals surface area contributed by atoms with Crippen LogP contribution in [-0.4, -0.2) is 30.2 Å². The molecule has 0 spiro atoms. The van der Waals surface area contributed by atoms with E-state index >= 15 is 0 Å². The molecule has 1 heterocycles. The van der Waals surface area contributed by atoms with Gasteiger partial charge in [0.2, 0.25) is 5.76 Å². The van der Waals surface area contributed by atoms with E-state index in [0.717, 1.165) is 5.56 Å². The van der Waals surface area contributed by atoms with E-state index in [1.165, 1.54) is 6.07 Å². The maximum Gasteiger partial charge on any atom is 0.371 e. The smallest absolute Gasteiger partial charge is 0.371 e. The van der Waals surface area contributed by atoms with Crippen molar-refractivity contribution in [2.45, 2.75) is 26.8 Å². The molecule has 2 N–H and O–H groups in total. The minimum absolute atomic E-state index is 0.0744. The number of aryl methyl sites for hydroxylation is 1. The van der Waals surface area contributed by atoms with Crippen LogP contribution in [0.5, 0.6) is 0 Å². The molecular weight excluding hydrogens is 238 g/mol. The van der Waals surface area contributed by atoms with Gasteiger partial charge >= 0.3 is 11.9 Å². The maximum absolute atomic E-state index is 11.1. The number of aromatic carboxylic acids is 1. The van der Waals surface area contributed by atoms with Gasteiger partial charge in [0, 0.05) is 18.7 Å². The Morgan fingerprint density at radius 2 is 2.22 bits per heavy atom. The highest BCUT2D eigenvalue weighted by Gasteiger charge is 2.12. The lowest BCUT2D eigenvalue weighted by molar-refractivity contribution is -0.142. The molecular formula is C12H17NO5. The summed E-state index contributed by atoms with van der Waals surface area (Å²) >= 11 is 0. The number of rotatable bonds is 7. The van der Waals surface area contributed by atoms with Crippen molar-refractivity contribution in [2.75, 3.05) is 13.2 Å². The molecule has 1 aromatic rings. The number of hydrogen-bond donors (Lipinski definition) is 2. The standard InChI is InChI=1S/C12H17NO5/c1-3-17-11(14)4-5-13-7-9-6-10(12(15)16)18-8(9)2/h6,13H,3-5,7H2,1-2H3,(H,15,16). The molecule has 18 heavy (non-hydrogen) atoms. The van der Waals surface area contributed by atoms with Crippen molar-refractivity contribution in [3.05, 3.63) is 23.2 Å². The maximum atomic E-state index is 11.1. The highest BCUT2D eigenvalue weighted by atomic mass is 16.5. The van der Waals surface area contributed by atoms with E-state index in [-0.39, 0.29) is 18.2 Å². The number of carbonyl (C=O) groups excluding carboxylic acids is 1. The van der Waals surface area contributed by atoms with Crippen molar-refractivity contribution < 1.29 is 23.8 Å². The summed E-state index contributed by atoms with van der Waals surface area (Å²) in [4.78, 5) is 21.7. The summed E-state index contributed by atoms with van der Waals surface area (Å²) in [6.45, 7) is 4.78. The quantitative estimate of drug-likeness (QED) is 0.564. The number of nitrogens with one attached hydrogen (secondary N) is 1. The summed E-state index contributed by atoms with van der Waals surface area (Å²) in [7, 11) is 0. The number of carboxylic acid groups (broad SMARTS) is 1. The van der Waals surface area contributed by atoms with Gasteiger partial charge in [0.25, 0.3) is 0 Å². The largest absolute Gasteiger partial charge is 0.475 e. The minimum atomic E-state index is -1.09. The Morgan fingerprint density at radius 3 is 2.78 bits per heavy atom. The number of ether oxygens (including phenoxy) is 1. The van der Waals surface area contributed by atoms with Gasteiger partial charge in [-0.2, -0.15) is 0 Å². The molecule has 1 rings (SSSR count). The monoisotopic (exact) mass is 255 g/mol. The summed E-state index contributed by atoms with van der Waals surface area (Å²) in [6, 6.07) is 1.48. The molecule has 6 heteroatoms. The molecule has 0 saturated carbocycles. The first-order chi connectivity index (χ1) is 8.54. The molecule has 0 radical (unpaired) electrons. The molecule has 0 atom stereocenters. The van der Waals surface area contributed by atoms with Gasteiger partial charge < -0.3 is 19.6 Å². The number of esters is 1. The Bertz CT molecular complexity index is 424. The van der Waals surface area contributed by atoms with Crippen molar-refractivity contribution in [1.82, 2.24) is 5.32 Å². The molecule has 6 nitrogen and oxygen atoms in total. The molecule has 0 unspecified atom stereocenters. The first-order valence-electron chi connectivity index (χ1n) is 5.73. The molecule has 0 fully saturated rings. The first kappa shape index (κ1) is 14.2. The third-order valence-electron chi connectivity index (χ3n) is 2.36. The predicted molar refractivity (Wildman–Crippen MR) is 63.4 cm³/mol. The topological polar surface area (TPSA) is 88.8 Å². The van der Waals surface area contributed by atoms with Gasteiger partial charge in [-0.15, -0.1) is 0 Å². The fourth-order valence-corrected chi connectivity index (χ4v) is 1.45. The zero-order valence-corrected chi connectivity index (χ0v) is 10.5. The summed E-state index contributed by atoms with van der Waals surface area (Å²) in [5.74, 6) is -0.846. The Balaban J connectivity index is 2.35. The van der Waals surface area contributed by atoms with Crippen LogP contribution < -0.4 is 5.32 Å². The van der Waals surface area contributed by atoms with E-state index in [2.05, 4.69) is 5.32 Å². The number of hydrogen-bond acceptors (Lipinski definition) is 5. The van der Waals surface area contributed by atoms with Crippen LogP contribution in [0, 0.1) is 6.92 Å². The molecule has 1 aromatic heterocycles. The average molecular weight is 255 g/mol. The molecule has 0 amide bonds. The van der Waals surface area contributed by atoms with E-state index in [1.54, 1.807) is 13.8 Å². The highest BCUT2D eigenvalue weighted by molar-refractivity contribution is 5.84. The van der Waals surface area contributed by atoms with Crippen LogP contribution in [0.25, 0.3) is 0 Å². The normalized spacial score (nSPS) is 10.3. The van der Waals surface area contributed by atoms with Crippen LogP contribution in [0.15, 0.2) is 10.5 Å². The Labute approximate surface area is 105 Å². The SMILES string of the molecule is CCOC(=O)CCNCc1cc(C(=O)O)oc1C. The minimum Gasteiger partial charge on any atom is -0.475 e. The molecule has 0 aliphatic rings. The lowest BCUT2D eigenvalue weighted by atomic mass is 10.2. The Morgan fingerprint density at radius 1 is 1.50 bits per heavy atom. The number of furan rings is 1. The van der Waals surface area contributed by atoms with Crippen LogP contribution >= 0.6 is 0 Å². The van der Waals surface area contributed by atoms with Crippen molar-refractivity contribution in [3.8, 4) is 0 Å². The zero-order chi connectivity index (χ0) is 13.5. The lowest BCUT2D eigenvalue weighted by Crippen LogP contribution is -2.19. The summed E-state index contributed by atoms with van der Waals surface area (Å²) < 4.78 is 9.84. The van der Waals surface area contributed by atoms with Gasteiger partial charge in [0.1, 0.15) is 5.76 Å². The van der Waals surface area contributed by atoms with Crippen molar-refractivity contribution >= 4 is 11.9 Å². The molecule has 0 aliphatic heterocycles. The van der Waals surface area contributed by atoms with Crippen molar-refractivity contribution in [3.63, 3.8) is 0 Å². The van der Waals surface area contributed by atoms with E-state index in [0.29, 0.717) is 25.5 Å². The van der Waals surface area contributed by atoms with Crippen LogP contribution in [0.1, 0.15) is 35.2 Å². The van der Waals surface area contributed by atoms with Crippen LogP contribution in [-0.2, 0) is 16.1 Å². The van der Waals surface area contributed by atoms with Crippen LogP contribution in [0.3, 0.4) is 0 Å². The first-order valence-corrected chi connectivity index (χ1v) is 5.73.